The van der Waals surface area contributed by atoms with Gasteiger partial charge in [-0.1, -0.05) is 18.2 Å². The van der Waals surface area contributed by atoms with E-state index in [-0.39, 0.29) is 5.91 Å². The lowest BCUT2D eigenvalue weighted by Crippen LogP contribution is -2.17. The zero-order valence-corrected chi connectivity index (χ0v) is 15.8. The maximum Gasteiger partial charge on any atom is 0.257 e. The molecule has 0 atom stereocenters. The minimum absolute atomic E-state index is 0.256. The van der Waals surface area contributed by atoms with Gasteiger partial charge in [0, 0.05) is 24.5 Å². The Morgan fingerprint density at radius 1 is 1.07 bits per heavy atom. The van der Waals surface area contributed by atoms with Crippen LogP contribution in [0.2, 0.25) is 0 Å². The third-order valence-electron chi connectivity index (χ3n) is 4.84. The summed E-state index contributed by atoms with van der Waals surface area (Å²) in [7, 11) is 3.14. The zero-order valence-electron chi connectivity index (χ0n) is 15.8. The van der Waals surface area contributed by atoms with Crippen LogP contribution in [0.25, 0.3) is 0 Å². The third kappa shape index (κ3) is 3.36. The molecule has 0 unspecified atom stereocenters. The van der Waals surface area contributed by atoms with Gasteiger partial charge >= 0.3 is 0 Å². The lowest BCUT2D eigenvalue weighted by Gasteiger charge is -2.19. The number of pyridine rings is 1. The molecule has 2 aromatic carbocycles. The number of anilines is 3. The third-order valence-corrected chi connectivity index (χ3v) is 4.84. The fourth-order valence-electron chi connectivity index (χ4n) is 3.41. The molecule has 142 valence electrons. The van der Waals surface area contributed by atoms with E-state index in [0.717, 1.165) is 24.3 Å². The molecule has 0 saturated heterocycles. The van der Waals surface area contributed by atoms with Crippen LogP contribution in [0.1, 0.15) is 15.9 Å². The fourth-order valence-corrected chi connectivity index (χ4v) is 3.41. The van der Waals surface area contributed by atoms with E-state index in [2.05, 4.69) is 27.3 Å². The first-order valence-electron chi connectivity index (χ1n) is 9.03. The summed E-state index contributed by atoms with van der Waals surface area (Å²) in [6, 6.07) is 15.4. The number of rotatable bonds is 5. The number of carbonyl (C=O) groups is 1. The Bertz CT molecular complexity index is 1020. The Hall–Kier alpha value is -3.54. The molecule has 0 radical (unpaired) electrons. The molecule has 1 aliphatic heterocycles. The highest BCUT2D eigenvalue weighted by Crippen LogP contribution is 2.34. The summed E-state index contributed by atoms with van der Waals surface area (Å²) in [4.78, 5) is 19.3. The number of benzene rings is 2. The number of aromatic nitrogens is 1. The fraction of sp³-hybridized carbons (Fsp3) is 0.182. The van der Waals surface area contributed by atoms with Crippen molar-refractivity contribution in [3.8, 4) is 11.5 Å². The van der Waals surface area contributed by atoms with Gasteiger partial charge in [-0.25, -0.2) is 0 Å². The number of amides is 1. The van der Waals surface area contributed by atoms with Gasteiger partial charge in [0.15, 0.2) is 0 Å². The van der Waals surface area contributed by atoms with E-state index in [0.29, 0.717) is 22.7 Å². The predicted octanol–water partition coefficient (Wildman–Crippen LogP) is 4.05. The second kappa shape index (κ2) is 7.60. The first-order valence-corrected chi connectivity index (χ1v) is 9.03. The Kier molecular flexibility index (Phi) is 4.85. The second-order valence-corrected chi connectivity index (χ2v) is 6.48. The highest BCUT2D eigenvalue weighted by Gasteiger charge is 2.21. The number of methoxy groups -OCH3 is 2. The van der Waals surface area contributed by atoms with E-state index < -0.39 is 0 Å². The van der Waals surface area contributed by atoms with Crippen molar-refractivity contribution in [2.24, 2.45) is 0 Å². The summed E-state index contributed by atoms with van der Waals surface area (Å²) in [5.41, 5.74) is 4.39. The number of para-hydroxylation sites is 1. The van der Waals surface area contributed by atoms with Gasteiger partial charge in [-0.2, -0.15) is 0 Å². The van der Waals surface area contributed by atoms with Crippen molar-refractivity contribution >= 4 is 23.0 Å². The number of hydrogen-bond acceptors (Lipinski definition) is 5. The van der Waals surface area contributed by atoms with Gasteiger partial charge in [0.25, 0.3) is 5.91 Å². The molecular formula is C22H21N3O3. The van der Waals surface area contributed by atoms with E-state index in [4.69, 9.17) is 9.47 Å². The molecule has 0 fully saturated rings. The Labute approximate surface area is 163 Å². The summed E-state index contributed by atoms with van der Waals surface area (Å²) >= 11 is 0. The Morgan fingerprint density at radius 2 is 1.93 bits per heavy atom. The van der Waals surface area contributed by atoms with Crippen molar-refractivity contribution < 1.29 is 14.3 Å². The summed E-state index contributed by atoms with van der Waals surface area (Å²) < 4.78 is 10.6. The van der Waals surface area contributed by atoms with Crippen LogP contribution in [0.3, 0.4) is 0 Å². The van der Waals surface area contributed by atoms with Gasteiger partial charge in [0.2, 0.25) is 0 Å². The van der Waals surface area contributed by atoms with Crippen LogP contribution < -0.4 is 19.7 Å². The van der Waals surface area contributed by atoms with Gasteiger partial charge in [-0.3, -0.25) is 9.78 Å². The van der Waals surface area contributed by atoms with E-state index in [1.807, 2.05) is 18.2 Å². The summed E-state index contributed by atoms with van der Waals surface area (Å²) in [6.07, 6.45) is 4.33. The van der Waals surface area contributed by atoms with Gasteiger partial charge < -0.3 is 19.7 Å². The minimum atomic E-state index is -0.256. The van der Waals surface area contributed by atoms with Gasteiger partial charge in [0.05, 0.1) is 37.4 Å². The maximum atomic E-state index is 12.8. The zero-order chi connectivity index (χ0) is 19.5. The molecule has 2 heterocycles. The molecule has 1 amide bonds. The summed E-state index contributed by atoms with van der Waals surface area (Å²) in [5.74, 6) is 0.941. The smallest absolute Gasteiger partial charge is 0.257 e. The number of fused-ring (bicyclic) bond motifs is 1. The molecular weight excluding hydrogens is 354 g/mol. The molecule has 6 nitrogen and oxygen atoms in total. The second-order valence-electron chi connectivity index (χ2n) is 6.48. The predicted molar refractivity (Wildman–Crippen MR) is 109 cm³/mol. The first kappa shape index (κ1) is 17.9. The number of nitrogens with one attached hydrogen (secondary N) is 1. The molecule has 4 rings (SSSR count). The highest BCUT2D eigenvalue weighted by atomic mass is 16.5. The summed E-state index contributed by atoms with van der Waals surface area (Å²) in [5, 5.41) is 2.89. The molecule has 3 aromatic rings. The van der Waals surface area contributed by atoms with Crippen molar-refractivity contribution in [3.63, 3.8) is 0 Å². The molecule has 0 bridgehead atoms. The topological polar surface area (TPSA) is 63.7 Å². The molecule has 6 heteroatoms. The van der Waals surface area contributed by atoms with Crippen LogP contribution in [0.4, 0.5) is 17.1 Å². The number of carbonyl (C=O) groups excluding carboxylic acids is 1. The molecule has 1 aliphatic rings. The van der Waals surface area contributed by atoms with Crippen molar-refractivity contribution in [1.82, 2.24) is 4.98 Å². The number of nitrogens with zero attached hydrogens (tertiary/aromatic N) is 2. The lowest BCUT2D eigenvalue weighted by atomic mass is 10.2. The standard InChI is InChI=1S/C22H21N3O3/c1-27-18-7-8-21(28-2)19(12-18)24-22(26)16-11-17(14-23-13-16)25-10-9-15-5-3-4-6-20(15)25/h3-8,11-14H,9-10H2,1-2H3,(H,24,26). The van der Waals surface area contributed by atoms with Gasteiger partial charge in [-0.05, 0) is 36.2 Å². The van der Waals surface area contributed by atoms with Crippen molar-refractivity contribution in [2.45, 2.75) is 6.42 Å². The van der Waals surface area contributed by atoms with Crippen LogP contribution >= 0.6 is 0 Å². The maximum absolute atomic E-state index is 12.8. The molecule has 0 aliphatic carbocycles. The monoisotopic (exact) mass is 375 g/mol. The molecule has 1 N–H and O–H groups in total. The molecule has 1 aromatic heterocycles. The Morgan fingerprint density at radius 3 is 2.75 bits per heavy atom. The lowest BCUT2D eigenvalue weighted by molar-refractivity contribution is 0.102. The summed E-state index contributed by atoms with van der Waals surface area (Å²) in [6.45, 7) is 0.871. The Balaban J connectivity index is 1.60. The molecule has 28 heavy (non-hydrogen) atoms. The number of hydrogen-bond donors (Lipinski definition) is 1. The van der Waals surface area contributed by atoms with Crippen LogP contribution in [0.5, 0.6) is 11.5 Å². The van der Waals surface area contributed by atoms with Crippen molar-refractivity contribution in [2.75, 3.05) is 31.0 Å². The normalized spacial score (nSPS) is 12.4. The van der Waals surface area contributed by atoms with Crippen molar-refractivity contribution in [1.29, 1.82) is 0 Å². The molecule has 0 spiro atoms. The van der Waals surface area contributed by atoms with Crippen LogP contribution in [0.15, 0.2) is 60.9 Å². The van der Waals surface area contributed by atoms with Gasteiger partial charge in [0.1, 0.15) is 11.5 Å². The van der Waals surface area contributed by atoms with Gasteiger partial charge in [-0.15, -0.1) is 0 Å². The average molecular weight is 375 g/mol. The molecule has 0 saturated carbocycles. The van der Waals surface area contributed by atoms with Crippen LogP contribution in [-0.2, 0) is 6.42 Å². The van der Waals surface area contributed by atoms with E-state index in [1.54, 1.807) is 44.8 Å². The van der Waals surface area contributed by atoms with Crippen molar-refractivity contribution in [3.05, 3.63) is 72.1 Å². The van der Waals surface area contributed by atoms with E-state index in [9.17, 15) is 4.79 Å². The quantitative estimate of drug-likeness (QED) is 0.729. The first-order chi connectivity index (χ1) is 13.7. The van der Waals surface area contributed by atoms with Crippen LogP contribution in [-0.4, -0.2) is 31.7 Å². The highest BCUT2D eigenvalue weighted by molar-refractivity contribution is 6.05. The van der Waals surface area contributed by atoms with E-state index in [1.165, 1.54) is 5.56 Å². The average Bonchev–Trinajstić information content (AvgIpc) is 3.18. The number of ether oxygens (including phenoxy) is 2. The van der Waals surface area contributed by atoms with Crippen LogP contribution in [0, 0.1) is 0 Å². The largest absolute Gasteiger partial charge is 0.497 e. The minimum Gasteiger partial charge on any atom is -0.497 e. The SMILES string of the molecule is COc1ccc(OC)c(NC(=O)c2cncc(N3CCc4ccccc43)c2)c1. The van der Waals surface area contributed by atoms with E-state index >= 15 is 0 Å².